The van der Waals surface area contributed by atoms with Gasteiger partial charge in [0.15, 0.2) is 4.96 Å². The minimum absolute atomic E-state index is 0.0581. The van der Waals surface area contributed by atoms with E-state index in [9.17, 15) is 4.79 Å². The lowest BCUT2D eigenvalue weighted by Crippen LogP contribution is -2.22. The van der Waals surface area contributed by atoms with Gasteiger partial charge in [-0.25, -0.2) is 4.98 Å². The van der Waals surface area contributed by atoms with Gasteiger partial charge in [0.2, 0.25) is 0 Å². The molecule has 0 saturated heterocycles. The predicted octanol–water partition coefficient (Wildman–Crippen LogP) is 3.61. The van der Waals surface area contributed by atoms with Crippen LogP contribution in [-0.2, 0) is 6.54 Å². The lowest BCUT2D eigenvalue weighted by molar-refractivity contribution is 0.0955. The first-order chi connectivity index (χ1) is 11.6. The summed E-state index contributed by atoms with van der Waals surface area (Å²) in [7, 11) is 4.01. The third-order valence-electron chi connectivity index (χ3n) is 3.84. The van der Waals surface area contributed by atoms with Gasteiger partial charge >= 0.3 is 0 Å². The summed E-state index contributed by atoms with van der Waals surface area (Å²) < 4.78 is 2.02. The number of thiophene rings is 1. The molecular formula is C17H16N4OS2. The molecule has 0 aliphatic rings. The monoisotopic (exact) mass is 356 g/mol. The largest absolute Gasteiger partial charge is 0.378 e. The number of amides is 1. The highest BCUT2D eigenvalue weighted by molar-refractivity contribution is 7.21. The van der Waals surface area contributed by atoms with Crippen molar-refractivity contribution < 1.29 is 4.79 Å². The maximum Gasteiger partial charge on any atom is 0.261 e. The Kier molecular flexibility index (Phi) is 3.74. The number of benzene rings is 1. The molecule has 3 heterocycles. The van der Waals surface area contributed by atoms with Gasteiger partial charge in [-0.3, -0.25) is 9.20 Å². The number of imidazole rings is 1. The molecule has 7 heteroatoms. The number of fused-ring (bicyclic) bond motifs is 3. The summed E-state index contributed by atoms with van der Waals surface area (Å²) in [6.07, 6.45) is 1.98. The number of carbonyl (C=O) groups excluding carboxylic acids is 1. The first-order valence-electron chi connectivity index (χ1n) is 7.51. The van der Waals surface area contributed by atoms with Crippen LogP contribution in [0.1, 0.15) is 15.2 Å². The van der Waals surface area contributed by atoms with E-state index in [1.165, 1.54) is 11.3 Å². The first kappa shape index (κ1) is 15.2. The molecule has 0 saturated carbocycles. The minimum Gasteiger partial charge on any atom is -0.378 e. The summed E-state index contributed by atoms with van der Waals surface area (Å²) in [6.45, 7) is 0.511. The highest BCUT2D eigenvalue weighted by Crippen LogP contribution is 2.28. The zero-order valence-electron chi connectivity index (χ0n) is 13.3. The summed E-state index contributed by atoms with van der Waals surface area (Å²) in [5.74, 6) is -0.0581. The van der Waals surface area contributed by atoms with Gasteiger partial charge in [-0.05, 0) is 23.8 Å². The van der Waals surface area contributed by atoms with Gasteiger partial charge in [-0.15, -0.1) is 22.7 Å². The average Bonchev–Trinajstić information content (AvgIpc) is 3.24. The number of hydrogen-bond acceptors (Lipinski definition) is 5. The van der Waals surface area contributed by atoms with E-state index in [-0.39, 0.29) is 5.91 Å². The molecule has 0 spiro atoms. The fraction of sp³-hybridized carbons (Fsp3) is 0.176. The maximum atomic E-state index is 12.4. The van der Waals surface area contributed by atoms with Gasteiger partial charge in [-0.2, -0.15) is 0 Å². The van der Waals surface area contributed by atoms with Crippen LogP contribution in [0.25, 0.3) is 15.3 Å². The van der Waals surface area contributed by atoms with E-state index in [0.29, 0.717) is 11.4 Å². The van der Waals surface area contributed by atoms with Gasteiger partial charge < -0.3 is 10.2 Å². The Morgan fingerprint density at radius 1 is 1.33 bits per heavy atom. The molecule has 122 valence electrons. The van der Waals surface area contributed by atoms with E-state index in [1.807, 2.05) is 59.2 Å². The Bertz CT molecular complexity index is 1030. The molecule has 5 nitrogen and oxygen atoms in total. The topological polar surface area (TPSA) is 49.6 Å². The van der Waals surface area contributed by atoms with E-state index in [2.05, 4.69) is 16.4 Å². The normalized spacial score (nSPS) is 11.2. The van der Waals surface area contributed by atoms with Crippen LogP contribution in [0.4, 0.5) is 5.69 Å². The molecule has 0 aliphatic heterocycles. The molecule has 0 atom stereocenters. The maximum absolute atomic E-state index is 12.4. The molecule has 0 unspecified atom stereocenters. The summed E-state index contributed by atoms with van der Waals surface area (Å²) >= 11 is 3.03. The SMILES string of the molecule is CN(C)c1cccc(CNC(=O)c2cc3c(nc4sccn43)s2)c1. The summed E-state index contributed by atoms with van der Waals surface area (Å²) in [5, 5.41) is 4.99. The van der Waals surface area contributed by atoms with Gasteiger partial charge in [0, 0.05) is 37.9 Å². The Labute approximate surface area is 147 Å². The Morgan fingerprint density at radius 3 is 3.04 bits per heavy atom. The number of anilines is 1. The summed E-state index contributed by atoms with van der Waals surface area (Å²) in [4.78, 5) is 21.6. The van der Waals surface area contributed by atoms with E-state index in [4.69, 9.17) is 0 Å². The number of rotatable bonds is 4. The number of thiazole rings is 1. The van der Waals surface area contributed by atoms with E-state index in [0.717, 1.165) is 26.6 Å². The number of hydrogen-bond donors (Lipinski definition) is 1. The van der Waals surface area contributed by atoms with Gasteiger partial charge in [-0.1, -0.05) is 12.1 Å². The van der Waals surface area contributed by atoms with Crippen LogP contribution in [0.5, 0.6) is 0 Å². The Hall–Kier alpha value is -2.38. The Balaban J connectivity index is 1.51. The number of carbonyl (C=O) groups is 1. The van der Waals surface area contributed by atoms with Crippen molar-refractivity contribution >= 4 is 49.6 Å². The molecule has 0 aliphatic carbocycles. The third kappa shape index (κ3) is 2.65. The van der Waals surface area contributed by atoms with Crippen molar-refractivity contribution in [3.63, 3.8) is 0 Å². The molecule has 4 aromatic rings. The van der Waals surface area contributed by atoms with Crippen LogP contribution in [0.15, 0.2) is 41.9 Å². The number of nitrogens with one attached hydrogen (secondary N) is 1. The van der Waals surface area contributed by atoms with Crippen LogP contribution < -0.4 is 10.2 Å². The second kappa shape index (κ2) is 5.92. The van der Waals surface area contributed by atoms with Crippen molar-refractivity contribution in [3.05, 3.63) is 52.3 Å². The number of nitrogens with zero attached hydrogens (tertiary/aromatic N) is 3. The quantitative estimate of drug-likeness (QED) is 0.608. The van der Waals surface area contributed by atoms with Crippen molar-refractivity contribution in [1.29, 1.82) is 0 Å². The molecule has 0 radical (unpaired) electrons. The Morgan fingerprint density at radius 2 is 2.21 bits per heavy atom. The van der Waals surface area contributed by atoms with Crippen LogP contribution in [0.3, 0.4) is 0 Å². The first-order valence-corrected chi connectivity index (χ1v) is 9.21. The fourth-order valence-corrected chi connectivity index (χ4v) is 4.29. The van der Waals surface area contributed by atoms with Crippen LogP contribution in [0.2, 0.25) is 0 Å². The van der Waals surface area contributed by atoms with Crippen molar-refractivity contribution in [2.75, 3.05) is 19.0 Å². The zero-order valence-corrected chi connectivity index (χ0v) is 14.9. The molecule has 4 rings (SSSR count). The average molecular weight is 356 g/mol. The van der Waals surface area contributed by atoms with Crippen molar-refractivity contribution in [2.45, 2.75) is 6.54 Å². The van der Waals surface area contributed by atoms with E-state index >= 15 is 0 Å². The second-order valence-corrected chi connectivity index (χ2v) is 7.62. The van der Waals surface area contributed by atoms with Crippen molar-refractivity contribution in [3.8, 4) is 0 Å². The summed E-state index contributed by atoms with van der Waals surface area (Å²) in [5.41, 5.74) is 3.20. The molecule has 0 fully saturated rings. The van der Waals surface area contributed by atoms with Gasteiger partial charge in [0.05, 0.1) is 10.4 Å². The van der Waals surface area contributed by atoms with Gasteiger partial charge in [0.1, 0.15) is 4.83 Å². The van der Waals surface area contributed by atoms with Crippen molar-refractivity contribution in [1.82, 2.24) is 14.7 Å². The number of aromatic nitrogens is 2. The lowest BCUT2D eigenvalue weighted by Gasteiger charge is -2.13. The standard InChI is InChI=1S/C17H16N4OS2/c1-20(2)12-5-3-4-11(8-12)10-18-15(22)14-9-13-16(24-14)19-17-21(13)6-7-23-17/h3-9H,10H2,1-2H3,(H,18,22). The molecule has 1 aromatic carbocycles. The van der Waals surface area contributed by atoms with Crippen molar-refractivity contribution in [2.24, 2.45) is 0 Å². The van der Waals surface area contributed by atoms with E-state index < -0.39 is 0 Å². The van der Waals surface area contributed by atoms with Crippen LogP contribution in [-0.4, -0.2) is 29.4 Å². The molecule has 1 N–H and O–H groups in total. The molecule has 24 heavy (non-hydrogen) atoms. The smallest absolute Gasteiger partial charge is 0.261 e. The second-order valence-electron chi connectivity index (χ2n) is 5.72. The molecule has 3 aromatic heterocycles. The highest BCUT2D eigenvalue weighted by Gasteiger charge is 2.14. The summed E-state index contributed by atoms with van der Waals surface area (Å²) in [6, 6.07) is 10.1. The van der Waals surface area contributed by atoms with Gasteiger partial charge in [0.25, 0.3) is 5.91 Å². The van der Waals surface area contributed by atoms with E-state index in [1.54, 1.807) is 11.3 Å². The molecule has 0 bridgehead atoms. The van der Waals surface area contributed by atoms with Crippen LogP contribution in [0, 0.1) is 0 Å². The zero-order chi connectivity index (χ0) is 16.7. The third-order valence-corrected chi connectivity index (χ3v) is 5.62. The molecule has 1 amide bonds. The molecular weight excluding hydrogens is 340 g/mol. The fourth-order valence-electron chi connectivity index (χ4n) is 2.57. The predicted molar refractivity (Wildman–Crippen MR) is 100 cm³/mol. The van der Waals surface area contributed by atoms with Crippen LogP contribution >= 0.6 is 22.7 Å². The minimum atomic E-state index is -0.0581. The lowest BCUT2D eigenvalue weighted by atomic mass is 10.2. The highest BCUT2D eigenvalue weighted by atomic mass is 32.1.